The second kappa shape index (κ2) is 10.5. The first-order valence-corrected chi connectivity index (χ1v) is 13.5. The number of halogens is 7. The molecular weight excluding hydrogens is 541 g/mol. The largest absolute Gasteiger partial charge is 0.511 e. The molecule has 0 spiro atoms. The van der Waals surface area contributed by atoms with Gasteiger partial charge in [-0.25, -0.2) is 12.8 Å². The summed E-state index contributed by atoms with van der Waals surface area (Å²) < 4.78 is 120. The van der Waals surface area contributed by atoms with E-state index in [1.165, 1.54) is 6.07 Å². The van der Waals surface area contributed by atoms with E-state index in [0.29, 0.717) is 24.8 Å². The van der Waals surface area contributed by atoms with Gasteiger partial charge in [0.05, 0.1) is 29.7 Å². The monoisotopic (exact) mass is 568 g/mol. The summed E-state index contributed by atoms with van der Waals surface area (Å²) in [5, 5.41) is 0. The molecule has 1 aromatic carbocycles. The summed E-state index contributed by atoms with van der Waals surface area (Å²) in [6.45, 7) is -1.62. The topological polar surface area (TPSA) is 79.5 Å². The first-order chi connectivity index (χ1) is 17.7. The molecule has 6 nitrogen and oxygen atoms in total. The summed E-state index contributed by atoms with van der Waals surface area (Å²) in [6, 6.07) is 3.03. The van der Waals surface area contributed by atoms with E-state index in [2.05, 4.69) is 4.98 Å². The Morgan fingerprint density at radius 3 is 2.32 bits per heavy atom. The predicted octanol–water partition coefficient (Wildman–Crippen LogP) is 5.83. The highest BCUT2D eigenvalue weighted by Gasteiger charge is 2.51. The first-order valence-electron chi connectivity index (χ1n) is 12.1. The van der Waals surface area contributed by atoms with Crippen molar-refractivity contribution < 1.29 is 39.2 Å². The van der Waals surface area contributed by atoms with Gasteiger partial charge in [-0.15, -0.1) is 0 Å². The Morgan fingerprint density at radius 2 is 1.71 bits per heavy atom. The fourth-order valence-electron chi connectivity index (χ4n) is 5.23. The summed E-state index contributed by atoms with van der Waals surface area (Å²) in [4.78, 5) is 5.55. The molecular formula is C24H27F7N4O2S. The third kappa shape index (κ3) is 6.00. The number of anilines is 2. The lowest BCUT2D eigenvalue weighted by atomic mass is 9.97. The average Bonchev–Trinajstić information content (AvgIpc) is 3.29. The van der Waals surface area contributed by atoms with Crippen LogP contribution in [0.15, 0.2) is 30.5 Å². The molecule has 14 heteroatoms. The van der Waals surface area contributed by atoms with Gasteiger partial charge in [-0.05, 0) is 48.6 Å². The fraction of sp³-hybridized carbons (Fsp3) is 0.542. The number of nitrogen functional groups attached to an aromatic ring is 1. The van der Waals surface area contributed by atoms with E-state index in [1.54, 1.807) is 4.90 Å². The van der Waals surface area contributed by atoms with Gasteiger partial charge in [0, 0.05) is 24.8 Å². The van der Waals surface area contributed by atoms with E-state index >= 15 is 0 Å². The number of rotatable bonds is 6. The lowest BCUT2D eigenvalue weighted by Gasteiger charge is -2.35. The Hall–Kier alpha value is -2.61. The highest BCUT2D eigenvalue weighted by atomic mass is 32.2. The zero-order valence-electron chi connectivity index (χ0n) is 20.2. The van der Waals surface area contributed by atoms with Crippen LogP contribution in [0.4, 0.5) is 42.1 Å². The summed E-state index contributed by atoms with van der Waals surface area (Å²) in [5.41, 5.74) is -1.17. The van der Waals surface area contributed by atoms with Gasteiger partial charge < -0.3 is 10.6 Å². The van der Waals surface area contributed by atoms with Crippen molar-refractivity contribution in [3.05, 3.63) is 53.1 Å². The molecule has 2 aromatic rings. The molecule has 0 radical (unpaired) electrons. The van der Waals surface area contributed by atoms with Crippen molar-refractivity contribution in [1.29, 1.82) is 0 Å². The van der Waals surface area contributed by atoms with E-state index in [4.69, 9.17) is 5.73 Å². The number of nitrogens with zero attached hydrogens (tertiary/aromatic N) is 3. The molecule has 1 atom stereocenters. The minimum atomic E-state index is -5.85. The standard InChI is InChI=1S/C24H27F7N4O2S/c25-20-11-33-18(10-21(20)32)13-35-19(7-5-15-3-1-2-4-15)14-34(38(36,37)24(29,30)31)12-16-9-17(23(26,27)28)6-8-22(16)35/h6,8-11,15,19H,1-5,7,12-14H2,(H2,32,33). The Balaban J connectivity index is 1.81. The van der Waals surface area contributed by atoms with Gasteiger partial charge >= 0.3 is 21.7 Å². The highest BCUT2D eigenvalue weighted by molar-refractivity contribution is 7.89. The second-order valence-electron chi connectivity index (χ2n) is 9.79. The van der Waals surface area contributed by atoms with E-state index in [0.717, 1.165) is 44.0 Å². The van der Waals surface area contributed by atoms with Crippen LogP contribution in [-0.2, 0) is 29.3 Å². The van der Waals surface area contributed by atoms with Gasteiger partial charge in [0.15, 0.2) is 5.82 Å². The van der Waals surface area contributed by atoms with E-state index in [9.17, 15) is 39.2 Å². The van der Waals surface area contributed by atoms with Crippen LogP contribution in [0, 0.1) is 11.7 Å². The number of benzene rings is 1. The van der Waals surface area contributed by atoms with Gasteiger partial charge in [-0.2, -0.15) is 30.6 Å². The molecule has 1 unspecified atom stereocenters. The van der Waals surface area contributed by atoms with Crippen LogP contribution in [0.1, 0.15) is 55.3 Å². The molecule has 0 amide bonds. The van der Waals surface area contributed by atoms with Crippen LogP contribution in [0.3, 0.4) is 0 Å². The summed E-state index contributed by atoms with van der Waals surface area (Å²) in [5.74, 6) is -0.459. The van der Waals surface area contributed by atoms with Crippen LogP contribution in [-0.4, -0.2) is 35.8 Å². The minimum absolute atomic E-state index is 0.127. The van der Waals surface area contributed by atoms with Crippen molar-refractivity contribution in [1.82, 2.24) is 9.29 Å². The molecule has 0 bridgehead atoms. The van der Waals surface area contributed by atoms with Crippen LogP contribution in [0.2, 0.25) is 0 Å². The Bertz CT molecular complexity index is 1260. The zero-order valence-corrected chi connectivity index (χ0v) is 21.0. The zero-order chi connectivity index (χ0) is 27.9. The maximum atomic E-state index is 13.7. The summed E-state index contributed by atoms with van der Waals surface area (Å²) >= 11 is 0. The van der Waals surface area contributed by atoms with Crippen LogP contribution in [0.25, 0.3) is 0 Å². The van der Waals surface area contributed by atoms with Crippen molar-refractivity contribution in [3.63, 3.8) is 0 Å². The molecule has 2 heterocycles. The van der Waals surface area contributed by atoms with Gasteiger partial charge in [0.2, 0.25) is 0 Å². The number of hydrogen-bond acceptors (Lipinski definition) is 5. The molecule has 2 N–H and O–H groups in total. The van der Waals surface area contributed by atoms with Crippen molar-refractivity contribution >= 4 is 21.4 Å². The van der Waals surface area contributed by atoms with E-state index < -0.39 is 52.2 Å². The van der Waals surface area contributed by atoms with Gasteiger partial charge in [-0.3, -0.25) is 4.98 Å². The molecule has 38 heavy (non-hydrogen) atoms. The normalized spacial score (nSPS) is 20.0. The van der Waals surface area contributed by atoms with E-state index in [-0.39, 0.29) is 33.5 Å². The maximum absolute atomic E-state index is 13.7. The van der Waals surface area contributed by atoms with Crippen LogP contribution < -0.4 is 10.6 Å². The number of fused-ring (bicyclic) bond motifs is 1. The fourth-order valence-corrected chi connectivity index (χ4v) is 6.20. The molecule has 0 saturated heterocycles. The number of hydrogen-bond donors (Lipinski definition) is 1. The molecule has 2 aliphatic rings. The SMILES string of the molecule is Nc1cc(CN2c3ccc(C(F)(F)F)cc3CN(S(=O)(=O)C(F)(F)F)CC2CCC2CCCC2)ncc1F. The molecule has 1 saturated carbocycles. The van der Waals surface area contributed by atoms with Crippen LogP contribution >= 0.6 is 0 Å². The van der Waals surface area contributed by atoms with Crippen molar-refractivity contribution in [2.24, 2.45) is 5.92 Å². The lowest BCUT2D eigenvalue weighted by Crippen LogP contribution is -2.47. The molecule has 210 valence electrons. The van der Waals surface area contributed by atoms with Gasteiger partial charge in [-0.1, -0.05) is 25.7 Å². The Labute approximate surface area is 215 Å². The first kappa shape index (κ1) is 28.4. The molecule has 1 aliphatic heterocycles. The number of aromatic nitrogens is 1. The van der Waals surface area contributed by atoms with E-state index in [1.807, 2.05) is 0 Å². The third-order valence-electron chi connectivity index (χ3n) is 7.21. The molecule has 4 rings (SSSR count). The average molecular weight is 569 g/mol. The predicted molar refractivity (Wildman–Crippen MR) is 127 cm³/mol. The van der Waals surface area contributed by atoms with Crippen molar-refractivity contribution in [2.45, 2.75) is 69.3 Å². The van der Waals surface area contributed by atoms with Gasteiger partial charge in [0.25, 0.3) is 0 Å². The Morgan fingerprint density at radius 1 is 1.03 bits per heavy atom. The lowest BCUT2D eigenvalue weighted by molar-refractivity contribution is -0.137. The smallest absolute Gasteiger partial charge is 0.396 e. The minimum Gasteiger partial charge on any atom is -0.396 e. The number of alkyl halides is 6. The quantitative estimate of drug-likeness (QED) is 0.444. The van der Waals surface area contributed by atoms with Crippen molar-refractivity contribution in [3.8, 4) is 0 Å². The third-order valence-corrected chi connectivity index (χ3v) is 8.75. The molecule has 1 fully saturated rings. The number of nitrogens with two attached hydrogens (primary N) is 1. The summed E-state index contributed by atoms with van der Waals surface area (Å²) in [7, 11) is -5.85. The van der Waals surface area contributed by atoms with Crippen molar-refractivity contribution in [2.75, 3.05) is 17.2 Å². The molecule has 1 aromatic heterocycles. The second-order valence-corrected chi connectivity index (χ2v) is 11.7. The number of sulfonamides is 1. The van der Waals surface area contributed by atoms with Gasteiger partial charge in [0.1, 0.15) is 0 Å². The summed E-state index contributed by atoms with van der Waals surface area (Å²) in [6.07, 6.45) is 0.920. The molecule has 1 aliphatic carbocycles. The number of pyridine rings is 1. The maximum Gasteiger partial charge on any atom is 0.511 e. The highest BCUT2D eigenvalue weighted by Crippen LogP contribution is 2.40. The van der Waals surface area contributed by atoms with Crippen LogP contribution in [0.5, 0.6) is 0 Å². The Kier molecular flexibility index (Phi) is 7.86.